The highest BCUT2D eigenvalue weighted by atomic mass is 32.2. The number of hydrogen-bond acceptors (Lipinski definition) is 9. The number of fused-ring (bicyclic) bond motifs is 1. The van der Waals surface area contributed by atoms with Gasteiger partial charge in [-0.3, -0.25) is 28.8 Å². The lowest BCUT2D eigenvalue weighted by atomic mass is 9.99. The Morgan fingerprint density at radius 2 is 1.43 bits per heavy atom. The smallest absolute Gasteiger partial charge is 0.243 e. The molecule has 1 aliphatic rings. The van der Waals surface area contributed by atoms with Crippen LogP contribution < -0.4 is 31.3 Å². The van der Waals surface area contributed by atoms with E-state index in [4.69, 9.17) is 4.74 Å². The number of ether oxygens (including phenoxy) is 1. The summed E-state index contributed by atoms with van der Waals surface area (Å²) in [5, 5.41) is 14.8. The third-order valence-electron chi connectivity index (χ3n) is 10.00. The number of para-hydroxylation sites is 1. The second-order valence-corrected chi connectivity index (χ2v) is 18.0. The van der Waals surface area contributed by atoms with E-state index in [1.807, 2.05) is 38.1 Å². The summed E-state index contributed by atoms with van der Waals surface area (Å²) in [6, 6.07) is 8.99. The van der Waals surface area contributed by atoms with E-state index in [1.54, 1.807) is 44.3 Å². The van der Waals surface area contributed by atoms with Crippen LogP contribution in [0, 0.1) is 11.8 Å². The molecule has 2 heterocycles. The second kappa shape index (κ2) is 20.3. The fraction of sp³-hybridized carbons (Fsp3) is 0.512. The Balaban J connectivity index is 1.77. The number of aromatic amines is 1. The molecule has 316 valence electrons. The van der Waals surface area contributed by atoms with Crippen LogP contribution in [0.4, 0.5) is 0 Å². The summed E-state index contributed by atoms with van der Waals surface area (Å²) >= 11 is 0. The van der Waals surface area contributed by atoms with Crippen molar-refractivity contribution in [2.45, 2.75) is 90.5 Å². The number of nitrogens with one attached hydrogen (secondary N) is 6. The highest BCUT2D eigenvalue weighted by molar-refractivity contribution is 7.90. The normalized spacial score (nSPS) is 22.1. The van der Waals surface area contributed by atoms with Crippen molar-refractivity contribution < 1.29 is 41.9 Å². The Morgan fingerprint density at radius 1 is 0.810 bits per heavy atom. The number of rotatable bonds is 11. The summed E-state index contributed by atoms with van der Waals surface area (Å²) in [5.74, 6) is -4.16. The van der Waals surface area contributed by atoms with Gasteiger partial charge in [0.2, 0.25) is 35.4 Å². The predicted molar refractivity (Wildman–Crippen MR) is 219 cm³/mol. The van der Waals surface area contributed by atoms with Gasteiger partial charge in [0.15, 0.2) is 0 Å². The molecule has 0 spiro atoms. The summed E-state index contributed by atoms with van der Waals surface area (Å²) < 4.78 is 29.3. The average molecular weight is 824 g/mol. The first kappa shape index (κ1) is 45.3. The number of carbonyl (C=O) groups excluding carboxylic acids is 6. The predicted octanol–water partition coefficient (Wildman–Crippen LogP) is 1.38. The van der Waals surface area contributed by atoms with Crippen LogP contribution in [-0.2, 0) is 51.4 Å². The molecule has 0 radical (unpaired) electrons. The van der Waals surface area contributed by atoms with Gasteiger partial charge >= 0.3 is 0 Å². The molecule has 17 heteroatoms. The molecule has 5 atom stereocenters. The first-order chi connectivity index (χ1) is 27.3. The van der Waals surface area contributed by atoms with Crippen molar-refractivity contribution >= 4 is 56.2 Å². The second-order valence-electron chi connectivity index (χ2n) is 15.7. The van der Waals surface area contributed by atoms with E-state index in [0.29, 0.717) is 16.9 Å². The van der Waals surface area contributed by atoms with Crippen LogP contribution in [0.5, 0.6) is 5.75 Å². The Bertz CT molecular complexity index is 2050. The molecule has 0 bridgehead atoms. The number of carbonyl (C=O) groups is 6. The van der Waals surface area contributed by atoms with Crippen molar-refractivity contribution in [3.63, 3.8) is 0 Å². The highest BCUT2D eigenvalue weighted by Crippen LogP contribution is 2.20. The molecule has 1 aromatic heterocycles. The minimum Gasteiger partial charge on any atom is -0.497 e. The zero-order valence-corrected chi connectivity index (χ0v) is 35.0. The number of aromatic nitrogens is 1. The summed E-state index contributed by atoms with van der Waals surface area (Å²) in [5.41, 5.74) is 2.20. The number of sulfone groups is 1. The summed E-state index contributed by atoms with van der Waals surface area (Å²) in [6.45, 7) is 8.09. The molecular formula is C41H57N7O9S. The van der Waals surface area contributed by atoms with Gasteiger partial charge < -0.3 is 41.2 Å². The van der Waals surface area contributed by atoms with Gasteiger partial charge in [0, 0.05) is 55.2 Å². The van der Waals surface area contributed by atoms with Crippen LogP contribution in [-0.4, -0.2) is 116 Å². The number of benzene rings is 2. The molecule has 2 aromatic carbocycles. The lowest BCUT2D eigenvalue weighted by molar-refractivity contribution is -0.138. The Kier molecular flexibility index (Phi) is 15.8. The van der Waals surface area contributed by atoms with Crippen molar-refractivity contribution in [2.24, 2.45) is 11.8 Å². The van der Waals surface area contributed by atoms with Gasteiger partial charge in [-0.15, -0.1) is 0 Å². The van der Waals surface area contributed by atoms with Crippen molar-refractivity contribution in [3.8, 4) is 5.75 Å². The van der Waals surface area contributed by atoms with E-state index in [2.05, 4.69) is 31.6 Å². The van der Waals surface area contributed by atoms with Crippen molar-refractivity contribution in [2.75, 3.05) is 32.2 Å². The molecule has 6 amide bonds. The molecule has 0 saturated carbocycles. The minimum atomic E-state index is -3.55. The molecule has 1 aliphatic heterocycles. The fourth-order valence-corrected chi connectivity index (χ4v) is 7.18. The number of amides is 6. The van der Waals surface area contributed by atoms with E-state index in [-0.39, 0.29) is 37.6 Å². The molecule has 3 aromatic rings. The maximum Gasteiger partial charge on any atom is 0.243 e. The van der Waals surface area contributed by atoms with E-state index in [1.165, 1.54) is 18.9 Å². The van der Waals surface area contributed by atoms with E-state index in [0.717, 1.165) is 17.2 Å². The minimum absolute atomic E-state index is 0.00466. The van der Waals surface area contributed by atoms with Crippen molar-refractivity contribution in [1.82, 2.24) is 36.5 Å². The lowest BCUT2D eigenvalue weighted by Crippen LogP contribution is -2.60. The van der Waals surface area contributed by atoms with Crippen molar-refractivity contribution in [3.05, 3.63) is 65.9 Å². The molecule has 0 unspecified atom stereocenters. The summed E-state index contributed by atoms with van der Waals surface area (Å²) in [7, 11) is -2.02. The third kappa shape index (κ3) is 13.3. The van der Waals surface area contributed by atoms with Crippen LogP contribution in [0.15, 0.2) is 54.7 Å². The van der Waals surface area contributed by atoms with Crippen LogP contribution in [0.3, 0.4) is 0 Å². The summed E-state index contributed by atoms with van der Waals surface area (Å²) in [6.07, 6.45) is 2.54. The third-order valence-corrected chi connectivity index (χ3v) is 10.9. The molecule has 16 nitrogen and oxygen atoms in total. The van der Waals surface area contributed by atoms with Gasteiger partial charge in [-0.05, 0) is 54.5 Å². The summed E-state index contributed by atoms with van der Waals surface area (Å²) in [4.78, 5) is 87.8. The Hall–Kier alpha value is -5.45. The van der Waals surface area contributed by atoms with Crippen LogP contribution in [0.1, 0.15) is 58.6 Å². The standard InChI is InChI=1S/C41H57N7O9S/c1-24(2)18-32-40(53)46-33(19-27-12-14-29(57-6)15-13-27)39(52)43-26(5)38(51)47-35(25(3)4)22-48(37(50)16-17-58(7,55)56)23-36(49)44-34(41(54)45-32)20-28-21-42-31-11-9-8-10-30(28)31/h8-15,21,24-26,32-35,42H,16-20,22-23H2,1-7H3,(H,43,52)(H,44,49)(H,45,54)(H,46,53)(H,47,51)/t26-,32+,33+,34-,35-/m1/s1. The number of H-pyrrole nitrogens is 1. The Labute approximate surface area is 339 Å². The molecule has 6 N–H and O–H groups in total. The number of nitrogens with zero attached hydrogens (tertiary/aromatic N) is 1. The van der Waals surface area contributed by atoms with Crippen molar-refractivity contribution in [1.29, 1.82) is 0 Å². The molecule has 1 fully saturated rings. The fourth-order valence-electron chi connectivity index (χ4n) is 6.63. The zero-order chi connectivity index (χ0) is 42.7. The average Bonchev–Trinajstić information content (AvgIpc) is 3.57. The molecule has 58 heavy (non-hydrogen) atoms. The quantitative estimate of drug-likeness (QED) is 0.164. The number of hydrogen-bond donors (Lipinski definition) is 6. The Morgan fingerprint density at radius 3 is 2.07 bits per heavy atom. The maximum atomic E-state index is 14.3. The van der Waals surface area contributed by atoms with E-state index < -0.39 is 94.2 Å². The lowest BCUT2D eigenvalue weighted by Gasteiger charge is -2.32. The highest BCUT2D eigenvalue weighted by Gasteiger charge is 2.34. The molecule has 4 rings (SSSR count). The van der Waals surface area contributed by atoms with Gasteiger partial charge in [0.1, 0.15) is 39.8 Å². The molecular weight excluding hydrogens is 767 g/mol. The van der Waals surface area contributed by atoms with Crippen LogP contribution in [0.25, 0.3) is 10.9 Å². The number of methoxy groups -OCH3 is 1. The molecule has 1 saturated heterocycles. The van der Waals surface area contributed by atoms with Crippen LogP contribution >= 0.6 is 0 Å². The zero-order valence-electron chi connectivity index (χ0n) is 34.2. The van der Waals surface area contributed by atoms with Gasteiger partial charge in [-0.2, -0.15) is 0 Å². The van der Waals surface area contributed by atoms with Gasteiger partial charge in [-0.25, -0.2) is 8.42 Å². The van der Waals surface area contributed by atoms with Crippen LogP contribution in [0.2, 0.25) is 0 Å². The largest absolute Gasteiger partial charge is 0.497 e. The topological polar surface area (TPSA) is 225 Å². The monoisotopic (exact) mass is 823 g/mol. The first-order valence-electron chi connectivity index (χ1n) is 19.5. The van der Waals surface area contributed by atoms with E-state index in [9.17, 15) is 37.2 Å². The molecule has 0 aliphatic carbocycles. The van der Waals surface area contributed by atoms with Gasteiger partial charge in [0.05, 0.1) is 19.4 Å². The van der Waals surface area contributed by atoms with E-state index >= 15 is 0 Å². The first-order valence-corrected chi connectivity index (χ1v) is 21.5. The van der Waals surface area contributed by atoms with Gasteiger partial charge in [0.25, 0.3) is 0 Å². The maximum absolute atomic E-state index is 14.3. The van der Waals surface area contributed by atoms with Gasteiger partial charge in [-0.1, -0.05) is 58.0 Å². The SMILES string of the molecule is COc1ccc(C[C@@H]2NC(=O)[C@H](CC(C)C)NC(=O)[C@@H](Cc3c[nH]c4ccccc34)NC(=O)CN(C(=O)CCS(C)(=O)=O)C[C@H](C(C)C)NC(=O)[C@@H](C)NC2=O)cc1.